The van der Waals surface area contributed by atoms with Crippen LogP contribution in [0.15, 0.2) is 11.0 Å². The first-order valence-electron chi connectivity index (χ1n) is 5.88. The first-order chi connectivity index (χ1) is 9.25. The fraction of sp³-hybridized carbons (Fsp3) is 0.455. The minimum atomic E-state index is -3.87. The van der Waals surface area contributed by atoms with Gasteiger partial charge in [-0.25, -0.2) is 13.2 Å². The van der Waals surface area contributed by atoms with Crippen molar-refractivity contribution >= 4 is 33.2 Å². The highest BCUT2D eigenvalue weighted by Gasteiger charge is 2.37. The molecule has 1 unspecified atom stereocenters. The summed E-state index contributed by atoms with van der Waals surface area (Å²) < 4.78 is 26.2. The second-order valence-electron chi connectivity index (χ2n) is 4.42. The lowest BCUT2D eigenvalue weighted by atomic mass is 10.2. The van der Waals surface area contributed by atoms with E-state index in [1.54, 1.807) is 6.92 Å². The predicted octanol–water partition coefficient (Wildman–Crippen LogP) is 0.264. The van der Waals surface area contributed by atoms with Gasteiger partial charge in [-0.2, -0.15) is 4.31 Å². The molecule has 1 aromatic heterocycles. The van der Waals surface area contributed by atoms with Crippen LogP contribution >= 0.6 is 11.3 Å². The molecule has 0 radical (unpaired) electrons. The van der Waals surface area contributed by atoms with Crippen molar-refractivity contribution in [2.45, 2.75) is 24.8 Å². The van der Waals surface area contributed by atoms with E-state index in [2.05, 4.69) is 5.32 Å². The average molecular weight is 318 g/mol. The molecule has 0 aliphatic carbocycles. The van der Waals surface area contributed by atoms with Crippen molar-refractivity contribution in [2.24, 2.45) is 0 Å². The number of carboxylic acids is 1. The molecule has 20 heavy (non-hydrogen) atoms. The normalized spacial score (nSPS) is 20.7. The molecule has 2 heterocycles. The van der Waals surface area contributed by atoms with Gasteiger partial charge < -0.3 is 10.4 Å². The number of rotatable bonds is 3. The lowest BCUT2D eigenvalue weighted by Gasteiger charge is -2.31. The van der Waals surface area contributed by atoms with E-state index in [-0.39, 0.29) is 28.8 Å². The molecule has 1 aliphatic heterocycles. The van der Waals surface area contributed by atoms with Gasteiger partial charge in [-0.3, -0.25) is 4.79 Å². The molecule has 7 nitrogen and oxygen atoms in total. The molecular weight excluding hydrogens is 304 g/mol. The zero-order chi connectivity index (χ0) is 15.1. The highest BCUT2D eigenvalue weighted by molar-refractivity contribution is 7.89. The Kier molecular flexibility index (Phi) is 3.85. The van der Waals surface area contributed by atoms with Crippen LogP contribution in [-0.2, 0) is 14.8 Å². The van der Waals surface area contributed by atoms with E-state index in [0.717, 1.165) is 21.7 Å². The van der Waals surface area contributed by atoms with Gasteiger partial charge in [0.2, 0.25) is 15.9 Å². The number of hydrogen-bond acceptors (Lipinski definition) is 5. The molecule has 1 saturated heterocycles. The topological polar surface area (TPSA) is 104 Å². The molecule has 0 aromatic carbocycles. The summed E-state index contributed by atoms with van der Waals surface area (Å²) in [6.07, 6.45) is 0. The van der Waals surface area contributed by atoms with Crippen LogP contribution in [0.1, 0.15) is 21.5 Å². The van der Waals surface area contributed by atoms with Crippen molar-refractivity contribution in [2.75, 3.05) is 13.1 Å². The molecule has 1 aliphatic rings. The fourth-order valence-electron chi connectivity index (χ4n) is 2.04. The first kappa shape index (κ1) is 14.9. The molecule has 9 heteroatoms. The van der Waals surface area contributed by atoms with Gasteiger partial charge in [0.15, 0.2) is 0 Å². The molecule has 2 N–H and O–H groups in total. The number of nitrogens with zero attached hydrogens (tertiary/aromatic N) is 1. The standard InChI is InChI=1S/C11H14N2O5S2/c1-6-10(14)12-3-4-13(6)20(17,18)9-5-8(11(15)16)19-7(9)2/h5-6H,3-4H2,1-2H3,(H,12,14)(H,15,16). The summed E-state index contributed by atoms with van der Waals surface area (Å²) in [5.74, 6) is -1.52. The van der Waals surface area contributed by atoms with Gasteiger partial charge in [0.05, 0.1) is 4.90 Å². The summed E-state index contributed by atoms with van der Waals surface area (Å²) in [5.41, 5.74) is 0. The SMILES string of the molecule is Cc1sc(C(=O)O)cc1S(=O)(=O)N1CCNC(=O)C1C. The molecule has 0 saturated carbocycles. The summed E-state index contributed by atoms with van der Waals surface area (Å²) in [6.45, 7) is 3.48. The van der Waals surface area contributed by atoms with E-state index in [9.17, 15) is 18.0 Å². The van der Waals surface area contributed by atoms with E-state index in [1.165, 1.54) is 6.92 Å². The van der Waals surface area contributed by atoms with Crippen molar-refractivity contribution in [1.29, 1.82) is 0 Å². The van der Waals surface area contributed by atoms with Crippen LogP contribution in [0.4, 0.5) is 0 Å². The zero-order valence-electron chi connectivity index (χ0n) is 10.9. The van der Waals surface area contributed by atoms with Crippen LogP contribution in [0, 0.1) is 6.92 Å². The maximum atomic E-state index is 12.6. The summed E-state index contributed by atoms with van der Waals surface area (Å²) >= 11 is 0.909. The van der Waals surface area contributed by atoms with E-state index in [1.807, 2.05) is 0 Å². The number of aryl methyl sites for hydroxylation is 1. The third kappa shape index (κ3) is 2.43. The molecule has 1 fully saturated rings. The van der Waals surface area contributed by atoms with Crippen molar-refractivity contribution in [3.8, 4) is 0 Å². The minimum absolute atomic E-state index is 0.0322. The Hall–Kier alpha value is -1.45. The number of thiophene rings is 1. The smallest absolute Gasteiger partial charge is 0.345 e. The van der Waals surface area contributed by atoms with Crippen LogP contribution in [-0.4, -0.2) is 48.8 Å². The van der Waals surface area contributed by atoms with E-state index in [4.69, 9.17) is 5.11 Å². The molecule has 2 rings (SSSR count). The van der Waals surface area contributed by atoms with Crippen LogP contribution in [0.3, 0.4) is 0 Å². The summed E-state index contributed by atoms with van der Waals surface area (Å²) in [6, 6.07) is 0.345. The Labute approximate surface area is 120 Å². The second-order valence-corrected chi connectivity index (χ2v) is 7.53. The Morgan fingerprint density at radius 1 is 1.55 bits per heavy atom. The highest BCUT2D eigenvalue weighted by atomic mass is 32.2. The van der Waals surface area contributed by atoms with Crippen molar-refractivity contribution in [3.63, 3.8) is 0 Å². The van der Waals surface area contributed by atoms with Gasteiger partial charge in [0.25, 0.3) is 0 Å². The molecule has 1 aromatic rings. The van der Waals surface area contributed by atoms with Crippen molar-refractivity contribution in [1.82, 2.24) is 9.62 Å². The quantitative estimate of drug-likeness (QED) is 0.832. The third-order valence-electron chi connectivity index (χ3n) is 3.11. The first-order valence-corrected chi connectivity index (χ1v) is 8.14. The number of carboxylic acid groups (broad SMARTS) is 1. The molecule has 1 amide bonds. The lowest BCUT2D eigenvalue weighted by molar-refractivity contribution is -0.126. The van der Waals surface area contributed by atoms with Gasteiger partial charge in [-0.05, 0) is 19.9 Å². The fourth-order valence-corrected chi connectivity index (χ4v) is 5.04. The second kappa shape index (κ2) is 5.15. The molecular formula is C11H14N2O5S2. The zero-order valence-corrected chi connectivity index (χ0v) is 12.5. The van der Waals surface area contributed by atoms with Crippen LogP contribution < -0.4 is 5.32 Å². The van der Waals surface area contributed by atoms with Gasteiger partial charge in [-0.15, -0.1) is 11.3 Å². The number of aromatic carboxylic acids is 1. The van der Waals surface area contributed by atoms with Gasteiger partial charge in [0, 0.05) is 18.0 Å². The number of piperazine rings is 1. The van der Waals surface area contributed by atoms with E-state index in [0.29, 0.717) is 4.88 Å². The van der Waals surface area contributed by atoms with Crippen molar-refractivity contribution in [3.05, 3.63) is 15.8 Å². The number of sulfonamides is 1. The summed E-state index contributed by atoms with van der Waals surface area (Å²) in [4.78, 5) is 22.8. The predicted molar refractivity (Wildman–Crippen MR) is 72.4 cm³/mol. The Bertz CT molecular complexity index is 664. The molecule has 0 bridgehead atoms. The van der Waals surface area contributed by atoms with E-state index >= 15 is 0 Å². The largest absolute Gasteiger partial charge is 0.477 e. The van der Waals surface area contributed by atoms with Crippen LogP contribution in [0.25, 0.3) is 0 Å². The summed E-state index contributed by atoms with van der Waals surface area (Å²) in [7, 11) is -3.87. The van der Waals surface area contributed by atoms with Gasteiger partial charge >= 0.3 is 5.97 Å². The van der Waals surface area contributed by atoms with Crippen LogP contribution in [0.2, 0.25) is 0 Å². The lowest BCUT2D eigenvalue weighted by Crippen LogP contribution is -2.55. The number of nitrogens with one attached hydrogen (secondary N) is 1. The van der Waals surface area contributed by atoms with Gasteiger partial charge in [-0.1, -0.05) is 0 Å². The minimum Gasteiger partial charge on any atom is -0.477 e. The van der Waals surface area contributed by atoms with Crippen molar-refractivity contribution < 1.29 is 23.1 Å². The third-order valence-corrected chi connectivity index (χ3v) is 6.38. The maximum Gasteiger partial charge on any atom is 0.345 e. The number of carbonyl (C=O) groups excluding carboxylic acids is 1. The molecule has 0 spiro atoms. The molecule has 110 valence electrons. The average Bonchev–Trinajstić information content (AvgIpc) is 2.75. The Morgan fingerprint density at radius 3 is 2.75 bits per heavy atom. The summed E-state index contributed by atoms with van der Waals surface area (Å²) in [5, 5.41) is 11.5. The monoisotopic (exact) mass is 318 g/mol. The number of carbonyl (C=O) groups is 2. The van der Waals surface area contributed by atoms with Gasteiger partial charge in [0.1, 0.15) is 10.9 Å². The number of amides is 1. The van der Waals surface area contributed by atoms with Crippen LogP contribution in [0.5, 0.6) is 0 Å². The Balaban J connectivity index is 2.44. The molecule has 1 atom stereocenters. The Morgan fingerprint density at radius 2 is 2.20 bits per heavy atom. The highest BCUT2D eigenvalue weighted by Crippen LogP contribution is 2.29. The number of hydrogen-bond donors (Lipinski definition) is 2. The van der Waals surface area contributed by atoms with E-state index < -0.39 is 22.0 Å². The maximum absolute atomic E-state index is 12.6.